The third-order valence-corrected chi connectivity index (χ3v) is 3.35. The van der Waals surface area contributed by atoms with Gasteiger partial charge in [0.15, 0.2) is 0 Å². The maximum Gasteiger partial charge on any atom is 0.422 e. The SMILES string of the molecule is CC(C)(C)OC(=O)NS(=O)(=O)NCCS(C)(=O)=O. The van der Waals surface area contributed by atoms with Crippen molar-refractivity contribution in [1.29, 1.82) is 0 Å². The van der Waals surface area contributed by atoms with Gasteiger partial charge >= 0.3 is 16.3 Å². The van der Waals surface area contributed by atoms with Crippen molar-refractivity contribution in [3.63, 3.8) is 0 Å². The number of sulfone groups is 1. The number of carbonyl (C=O) groups excluding carboxylic acids is 1. The zero-order valence-electron chi connectivity index (χ0n) is 10.7. The van der Waals surface area contributed by atoms with Crippen molar-refractivity contribution in [2.24, 2.45) is 0 Å². The predicted octanol–water partition coefficient (Wildman–Crippen LogP) is -0.610. The van der Waals surface area contributed by atoms with Gasteiger partial charge in [0.1, 0.15) is 15.4 Å². The molecule has 18 heavy (non-hydrogen) atoms. The second-order valence-electron chi connectivity index (χ2n) is 4.63. The highest BCUT2D eigenvalue weighted by molar-refractivity contribution is 7.90. The molecule has 0 saturated heterocycles. The highest BCUT2D eigenvalue weighted by Gasteiger charge is 2.21. The molecular formula is C8H18N2O6S2. The first kappa shape index (κ1) is 17.1. The van der Waals surface area contributed by atoms with Gasteiger partial charge in [0, 0.05) is 12.8 Å². The van der Waals surface area contributed by atoms with E-state index in [1.807, 2.05) is 4.72 Å². The summed E-state index contributed by atoms with van der Waals surface area (Å²) in [6.45, 7) is 4.42. The number of nitrogens with one attached hydrogen (secondary N) is 2. The van der Waals surface area contributed by atoms with Crippen molar-refractivity contribution in [1.82, 2.24) is 9.44 Å². The Bertz CT molecular complexity index is 488. The maximum absolute atomic E-state index is 11.3. The molecular weight excluding hydrogens is 284 g/mol. The van der Waals surface area contributed by atoms with Gasteiger partial charge in [0.2, 0.25) is 0 Å². The molecule has 0 aromatic heterocycles. The van der Waals surface area contributed by atoms with E-state index in [4.69, 9.17) is 4.74 Å². The molecule has 8 nitrogen and oxygen atoms in total. The molecule has 0 bridgehead atoms. The van der Waals surface area contributed by atoms with Crippen molar-refractivity contribution in [2.45, 2.75) is 26.4 Å². The molecule has 0 saturated carbocycles. The molecule has 0 fully saturated rings. The summed E-state index contributed by atoms with van der Waals surface area (Å²) in [7, 11) is -7.39. The summed E-state index contributed by atoms with van der Waals surface area (Å²) in [6.07, 6.45) is -0.155. The quantitative estimate of drug-likeness (QED) is 0.699. The number of hydrogen-bond acceptors (Lipinski definition) is 6. The minimum absolute atomic E-state index is 0.322. The summed E-state index contributed by atoms with van der Waals surface area (Å²) in [5, 5.41) is 0. The lowest BCUT2D eigenvalue weighted by Crippen LogP contribution is -2.44. The lowest BCUT2D eigenvalue weighted by atomic mass is 10.2. The van der Waals surface area contributed by atoms with E-state index in [-0.39, 0.29) is 12.3 Å². The summed E-state index contributed by atoms with van der Waals surface area (Å²) < 4.78 is 52.4. The van der Waals surface area contributed by atoms with E-state index < -0.39 is 31.7 Å². The average molecular weight is 302 g/mol. The minimum atomic E-state index is -4.11. The van der Waals surface area contributed by atoms with Crippen molar-refractivity contribution >= 4 is 26.1 Å². The average Bonchev–Trinajstić information content (AvgIpc) is 1.93. The van der Waals surface area contributed by atoms with Gasteiger partial charge in [0.25, 0.3) is 0 Å². The predicted molar refractivity (Wildman–Crippen MR) is 66.0 cm³/mol. The highest BCUT2D eigenvalue weighted by Crippen LogP contribution is 2.06. The molecule has 0 spiro atoms. The fourth-order valence-electron chi connectivity index (χ4n) is 0.806. The summed E-state index contributed by atoms with van der Waals surface area (Å²) in [4.78, 5) is 11.2. The fraction of sp³-hybridized carbons (Fsp3) is 0.875. The Balaban J connectivity index is 4.29. The van der Waals surface area contributed by atoms with E-state index in [1.165, 1.54) is 0 Å². The van der Waals surface area contributed by atoms with Crippen LogP contribution < -0.4 is 9.44 Å². The van der Waals surface area contributed by atoms with Crippen LogP contribution in [0.1, 0.15) is 20.8 Å². The normalized spacial score (nSPS) is 13.1. The van der Waals surface area contributed by atoms with E-state index >= 15 is 0 Å². The number of hydrogen-bond donors (Lipinski definition) is 2. The fourth-order valence-corrected chi connectivity index (χ4v) is 2.11. The van der Waals surface area contributed by atoms with Gasteiger partial charge in [-0.05, 0) is 20.8 Å². The molecule has 108 valence electrons. The van der Waals surface area contributed by atoms with E-state index in [0.29, 0.717) is 0 Å². The Morgan fingerprint density at radius 2 is 1.67 bits per heavy atom. The molecule has 0 aromatic rings. The monoisotopic (exact) mass is 302 g/mol. The first-order valence-electron chi connectivity index (χ1n) is 4.99. The summed E-state index contributed by atoms with van der Waals surface area (Å²) in [5.41, 5.74) is -0.827. The molecule has 0 aliphatic heterocycles. The van der Waals surface area contributed by atoms with Crippen LogP contribution in [0, 0.1) is 0 Å². The van der Waals surface area contributed by atoms with Crippen LogP contribution >= 0.6 is 0 Å². The second kappa shape index (κ2) is 5.85. The molecule has 0 aliphatic carbocycles. The Morgan fingerprint density at radius 1 is 1.17 bits per heavy atom. The first-order valence-corrected chi connectivity index (χ1v) is 8.53. The summed E-state index contributed by atoms with van der Waals surface area (Å²) in [5.74, 6) is -0.359. The molecule has 0 aromatic carbocycles. The van der Waals surface area contributed by atoms with Crippen LogP contribution in [-0.4, -0.2) is 47.1 Å². The third kappa shape index (κ3) is 10.3. The third-order valence-electron chi connectivity index (χ3n) is 1.38. The van der Waals surface area contributed by atoms with Crippen LogP contribution in [0.4, 0.5) is 4.79 Å². The highest BCUT2D eigenvalue weighted by atomic mass is 32.2. The smallest absolute Gasteiger partial charge is 0.422 e. The van der Waals surface area contributed by atoms with Crippen LogP contribution in [-0.2, 0) is 24.8 Å². The Morgan fingerprint density at radius 3 is 2.06 bits per heavy atom. The van der Waals surface area contributed by atoms with Crippen LogP contribution in [0.15, 0.2) is 0 Å². The number of amides is 1. The Hall–Kier alpha value is -0.870. The number of rotatable bonds is 5. The first-order chi connectivity index (χ1) is 7.81. The van der Waals surface area contributed by atoms with Gasteiger partial charge in [-0.3, -0.25) is 0 Å². The van der Waals surface area contributed by atoms with Crippen LogP contribution in [0.2, 0.25) is 0 Å². The van der Waals surface area contributed by atoms with Gasteiger partial charge in [-0.2, -0.15) is 13.1 Å². The lowest BCUT2D eigenvalue weighted by Gasteiger charge is -2.19. The number of carbonyl (C=O) groups is 1. The Kier molecular flexibility index (Phi) is 5.56. The van der Waals surface area contributed by atoms with Crippen LogP contribution in [0.5, 0.6) is 0 Å². The lowest BCUT2D eigenvalue weighted by molar-refractivity contribution is 0.0569. The molecule has 10 heteroatoms. The Labute approximate surface area is 107 Å². The molecule has 0 unspecified atom stereocenters. The van der Waals surface area contributed by atoms with E-state index in [2.05, 4.69) is 0 Å². The largest absolute Gasteiger partial charge is 0.443 e. The molecule has 0 heterocycles. The van der Waals surface area contributed by atoms with Gasteiger partial charge in [-0.15, -0.1) is 0 Å². The van der Waals surface area contributed by atoms with E-state index in [1.54, 1.807) is 25.5 Å². The summed E-state index contributed by atoms with van der Waals surface area (Å²) >= 11 is 0. The van der Waals surface area contributed by atoms with Crippen LogP contribution in [0.25, 0.3) is 0 Å². The molecule has 0 radical (unpaired) electrons. The summed E-state index contributed by atoms with van der Waals surface area (Å²) in [6, 6.07) is 0. The van der Waals surface area contributed by atoms with Crippen molar-refractivity contribution in [3.05, 3.63) is 0 Å². The van der Waals surface area contributed by atoms with Gasteiger partial charge < -0.3 is 4.74 Å². The van der Waals surface area contributed by atoms with Gasteiger partial charge in [-0.25, -0.2) is 17.9 Å². The standard InChI is InChI=1S/C8H18N2O6S2/c1-8(2,3)16-7(11)10-18(14,15)9-5-6-17(4,12)13/h9H,5-6H2,1-4H3,(H,10,11). The van der Waals surface area contributed by atoms with E-state index in [9.17, 15) is 21.6 Å². The minimum Gasteiger partial charge on any atom is -0.443 e. The second-order valence-corrected chi connectivity index (χ2v) is 8.39. The molecule has 0 atom stereocenters. The maximum atomic E-state index is 11.3. The van der Waals surface area contributed by atoms with E-state index in [0.717, 1.165) is 6.26 Å². The zero-order valence-corrected chi connectivity index (χ0v) is 12.3. The molecule has 0 aliphatic rings. The zero-order chi connectivity index (χ0) is 14.6. The topological polar surface area (TPSA) is 119 Å². The van der Waals surface area contributed by atoms with Gasteiger partial charge in [-0.1, -0.05) is 0 Å². The molecule has 1 amide bonds. The van der Waals surface area contributed by atoms with Crippen molar-refractivity contribution < 1.29 is 26.4 Å². The van der Waals surface area contributed by atoms with Gasteiger partial charge in [0.05, 0.1) is 5.75 Å². The van der Waals surface area contributed by atoms with Crippen molar-refractivity contribution in [2.75, 3.05) is 18.6 Å². The van der Waals surface area contributed by atoms with Crippen LogP contribution in [0.3, 0.4) is 0 Å². The molecule has 0 rings (SSSR count). The van der Waals surface area contributed by atoms with Crippen molar-refractivity contribution in [3.8, 4) is 0 Å². The number of ether oxygens (including phenoxy) is 1. The molecule has 2 N–H and O–H groups in total.